The summed E-state index contributed by atoms with van der Waals surface area (Å²) in [6.45, 7) is 1.85. The molecule has 0 N–H and O–H groups in total. The Balaban J connectivity index is 1.20. The van der Waals surface area contributed by atoms with Crippen molar-refractivity contribution in [1.82, 2.24) is 14.5 Å². The number of ether oxygens (including phenoxy) is 2. The second kappa shape index (κ2) is 8.36. The number of rotatable bonds is 4. The van der Waals surface area contributed by atoms with Gasteiger partial charge in [0.2, 0.25) is 5.91 Å². The first-order valence-electron chi connectivity index (χ1n) is 11.4. The molecule has 0 saturated carbocycles. The fraction of sp³-hybridized carbons (Fsp3) is 0.458. The summed E-state index contributed by atoms with van der Waals surface area (Å²) in [6, 6.07) is 6.01. The van der Waals surface area contributed by atoms with E-state index in [-0.39, 0.29) is 23.3 Å². The van der Waals surface area contributed by atoms with Gasteiger partial charge in [0.05, 0.1) is 17.2 Å². The van der Waals surface area contributed by atoms with E-state index in [1.165, 1.54) is 22.2 Å². The summed E-state index contributed by atoms with van der Waals surface area (Å²) >= 11 is 2.99. The van der Waals surface area contributed by atoms with E-state index in [4.69, 9.17) is 14.5 Å². The third-order valence-corrected chi connectivity index (χ3v) is 8.95. The van der Waals surface area contributed by atoms with Crippen molar-refractivity contribution in [2.45, 2.75) is 43.3 Å². The third-order valence-electron chi connectivity index (χ3n) is 6.75. The number of carbonyl (C=O) groups excluding carboxylic acids is 1. The van der Waals surface area contributed by atoms with Crippen molar-refractivity contribution in [3.8, 4) is 11.5 Å². The van der Waals surface area contributed by atoms with Crippen LogP contribution in [0.2, 0.25) is 0 Å². The van der Waals surface area contributed by atoms with Gasteiger partial charge in [-0.1, -0.05) is 17.8 Å². The van der Waals surface area contributed by atoms with Crippen LogP contribution in [0.4, 0.5) is 0 Å². The number of nitrogens with zero attached hydrogens (tertiary/aromatic N) is 3. The highest BCUT2D eigenvalue weighted by molar-refractivity contribution is 7.99. The maximum absolute atomic E-state index is 13.2. The molecule has 172 valence electrons. The van der Waals surface area contributed by atoms with Gasteiger partial charge in [-0.15, -0.1) is 11.3 Å². The number of fused-ring (bicyclic) bond motifs is 4. The van der Waals surface area contributed by atoms with Gasteiger partial charge in [0, 0.05) is 18.5 Å². The zero-order valence-corrected chi connectivity index (χ0v) is 20.1. The molecule has 1 saturated heterocycles. The van der Waals surface area contributed by atoms with Crippen LogP contribution in [0.25, 0.3) is 10.2 Å². The Bertz CT molecular complexity index is 1320. The lowest BCUT2D eigenvalue weighted by Crippen LogP contribution is -2.32. The molecular weight excluding hydrogens is 458 g/mol. The van der Waals surface area contributed by atoms with Crippen LogP contribution >= 0.6 is 23.1 Å². The van der Waals surface area contributed by atoms with Crippen LogP contribution in [-0.2, 0) is 24.7 Å². The molecule has 0 spiro atoms. The summed E-state index contributed by atoms with van der Waals surface area (Å²) < 4.78 is 13.0. The highest BCUT2D eigenvalue weighted by Gasteiger charge is 2.31. The molecule has 6 rings (SSSR count). The van der Waals surface area contributed by atoms with E-state index in [0.29, 0.717) is 18.4 Å². The molecule has 1 unspecified atom stereocenters. The SMILES string of the molecule is Cn1c(SCC(=O)N2CCCC2c2ccc3c(c2)OCCO3)nc2sc3c(c2c1=O)CCC3. The molecule has 1 amide bonds. The van der Waals surface area contributed by atoms with Crippen molar-refractivity contribution in [2.24, 2.45) is 7.05 Å². The van der Waals surface area contributed by atoms with Crippen molar-refractivity contribution in [2.75, 3.05) is 25.5 Å². The van der Waals surface area contributed by atoms with E-state index in [2.05, 4.69) is 0 Å². The maximum atomic E-state index is 13.2. The molecule has 2 aliphatic heterocycles. The Morgan fingerprint density at radius 3 is 2.94 bits per heavy atom. The van der Waals surface area contributed by atoms with Crippen molar-refractivity contribution < 1.29 is 14.3 Å². The van der Waals surface area contributed by atoms with E-state index in [9.17, 15) is 9.59 Å². The van der Waals surface area contributed by atoms with Crippen LogP contribution in [0.5, 0.6) is 11.5 Å². The number of carbonyl (C=O) groups is 1. The molecule has 4 heterocycles. The van der Waals surface area contributed by atoms with Crippen LogP contribution in [0.1, 0.15) is 41.3 Å². The van der Waals surface area contributed by atoms with Gasteiger partial charge in [0.1, 0.15) is 18.0 Å². The van der Waals surface area contributed by atoms with E-state index >= 15 is 0 Å². The highest BCUT2D eigenvalue weighted by atomic mass is 32.2. The Morgan fingerprint density at radius 2 is 2.06 bits per heavy atom. The van der Waals surface area contributed by atoms with Gasteiger partial charge >= 0.3 is 0 Å². The third kappa shape index (κ3) is 3.61. The summed E-state index contributed by atoms with van der Waals surface area (Å²) in [5.41, 5.74) is 2.27. The largest absolute Gasteiger partial charge is 0.486 e. The molecule has 1 aliphatic carbocycles. The Kier molecular flexibility index (Phi) is 5.33. The molecular formula is C24H25N3O4S2. The molecule has 1 fully saturated rings. The van der Waals surface area contributed by atoms with Crippen LogP contribution in [0, 0.1) is 0 Å². The Morgan fingerprint density at radius 1 is 1.21 bits per heavy atom. The molecule has 3 aliphatic rings. The summed E-state index contributed by atoms with van der Waals surface area (Å²) in [5, 5.41) is 1.39. The van der Waals surface area contributed by atoms with Gasteiger partial charge in [0.15, 0.2) is 16.7 Å². The van der Waals surface area contributed by atoms with Crippen molar-refractivity contribution in [3.05, 3.63) is 44.6 Å². The topological polar surface area (TPSA) is 73.7 Å². The fourth-order valence-electron chi connectivity index (χ4n) is 5.12. The van der Waals surface area contributed by atoms with E-state index < -0.39 is 0 Å². The molecule has 2 aromatic heterocycles. The van der Waals surface area contributed by atoms with Gasteiger partial charge in [-0.25, -0.2) is 4.98 Å². The van der Waals surface area contributed by atoms with Crippen LogP contribution in [0.15, 0.2) is 28.2 Å². The van der Waals surface area contributed by atoms with Crippen molar-refractivity contribution in [1.29, 1.82) is 0 Å². The summed E-state index contributed by atoms with van der Waals surface area (Å²) in [5.74, 6) is 1.85. The monoisotopic (exact) mass is 483 g/mol. The molecule has 3 aromatic rings. The van der Waals surface area contributed by atoms with Crippen molar-refractivity contribution >= 4 is 39.2 Å². The van der Waals surface area contributed by atoms with E-state index in [1.807, 2.05) is 23.1 Å². The van der Waals surface area contributed by atoms with Gasteiger partial charge in [-0.2, -0.15) is 0 Å². The average Bonchev–Trinajstić information content (AvgIpc) is 3.56. The first kappa shape index (κ1) is 21.0. The number of thioether (sulfide) groups is 1. The minimum atomic E-state index is 0.00433. The van der Waals surface area contributed by atoms with Gasteiger partial charge < -0.3 is 14.4 Å². The Hall–Kier alpha value is -2.52. The first-order chi connectivity index (χ1) is 16.1. The zero-order chi connectivity index (χ0) is 22.5. The van der Waals surface area contributed by atoms with Crippen molar-refractivity contribution in [3.63, 3.8) is 0 Å². The predicted molar refractivity (Wildman–Crippen MR) is 129 cm³/mol. The number of aromatic nitrogens is 2. The standard InChI is InChI=1S/C24H25N3O4S2/c1-26-23(29)21-15-4-2-6-19(15)33-22(21)25-24(26)32-13-20(28)27-9-3-5-16(27)14-7-8-17-18(12-14)31-11-10-30-17/h7-8,12,16H,2-6,9-11,13H2,1H3. The number of hydrogen-bond donors (Lipinski definition) is 0. The van der Waals surface area contributed by atoms with Crippen LogP contribution < -0.4 is 15.0 Å². The molecule has 1 atom stereocenters. The summed E-state index contributed by atoms with van der Waals surface area (Å²) in [6.07, 6.45) is 5.02. The van der Waals surface area contributed by atoms with Gasteiger partial charge in [-0.05, 0) is 55.4 Å². The number of hydrogen-bond acceptors (Lipinski definition) is 7. The lowest BCUT2D eigenvalue weighted by Gasteiger charge is -2.26. The predicted octanol–water partition coefficient (Wildman–Crippen LogP) is 3.71. The quantitative estimate of drug-likeness (QED) is 0.416. The molecule has 33 heavy (non-hydrogen) atoms. The maximum Gasteiger partial charge on any atom is 0.262 e. The molecule has 1 aromatic carbocycles. The van der Waals surface area contributed by atoms with E-state index in [0.717, 1.165) is 65.9 Å². The normalized spacial score (nSPS) is 19.3. The van der Waals surface area contributed by atoms with Gasteiger partial charge in [-0.3, -0.25) is 14.2 Å². The molecule has 0 radical (unpaired) electrons. The lowest BCUT2D eigenvalue weighted by atomic mass is 10.0. The fourth-order valence-corrected chi connectivity index (χ4v) is 7.28. The summed E-state index contributed by atoms with van der Waals surface area (Å²) in [4.78, 5) is 35.1. The number of likely N-dealkylation sites (tertiary alicyclic amines) is 1. The number of amides is 1. The Labute approximate surface area is 199 Å². The van der Waals surface area contributed by atoms with Gasteiger partial charge in [0.25, 0.3) is 5.56 Å². The second-order valence-corrected chi connectivity index (χ2v) is 10.8. The molecule has 7 nitrogen and oxygen atoms in total. The lowest BCUT2D eigenvalue weighted by molar-refractivity contribution is -0.129. The number of thiophene rings is 1. The zero-order valence-electron chi connectivity index (χ0n) is 18.5. The number of benzene rings is 1. The second-order valence-electron chi connectivity index (χ2n) is 8.73. The summed E-state index contributed by atoms with van der Waals surface area (Å²) in [7, 11) is 1.76. The van der Waals surface area contributed by atoms with Crippen LogP contribution in [-0.4, -0.2) is 45.9 Å². The van der Waals surface area contributed by atoms with Crippen LogP contribution in [0.3, 0.4) is 0 Å². The number of aryl methyl sites for hydroxylation is 2. The average molecular weight is 484 g/mol. The minimum Gasteiger partial charge on any atom is -0.486 e. The molecule has 9 heteroatoms. The minimum absolute atomic E-state index is 0.00433. The van der Waals surface area contributed by atoms with E-state index in [1.54, 1.807) is 23.0 Å². The highest BCUT2D eigenvalue weighted by Crippen LogP contribution is 2.39. The first-order valence-corrected chi connectivity index (χ1v) is 13.2. The smallest absolute Gasteiger partial charge is 0.262 e. The molecule has 0 bridgehead atoms.